The highest BCUT2D eigenvalue weighted by Gasteiger charge is 2.51. The number of pyridine rings is 2. The second-order valence-corrected chi connectivity index (χ2v) is 7.52. The monoisotopic (exact) mass is 338 g/mol. The Hall–Kier alpha value is -2.07. The van der Waals surface area contributed by atoms with E-state index in [1.54, 1.807) is 6.20 Å². The van der Waals surface area contributed by atoms with Crippen LogP contribution in [0.5, 0.6) is 0 Å². The second-order valence-electron chi connectivity index (χ2n) is 7.52. The van der Waals surface area contributed by atoms with Crippen LogP contribution in [0.2, 0.25) is 0 Å². The maximum atomic E-state index is 11.0. The van der Waals surface area contributed by atoms with E-state index in [-0.39, 0.29) is 5.54 Å². The summed E-state index contributed by atoms with van der Waals surface area (Å²) in [5, 5.41) is 20.5. The molecule has 25 heavy (non-hydrogen) atoms. The van der Waals surface area contributed by atoms with Gasteiger partial charge < -0.3 is 15.6 Å². The molecule has 1 saturated carbocycles. The zero-order chi connectivity index (χ0) is 17.7. The summed E-state index contributed by atoms with van der Waals surface area (Å²) in [6.45, 7) is 2.40. The molecule has 0 amide bonds. The number of aliphatic hydroxyl groups is 1. The molecule has 3 N–H and O–H groups in total. The van der Waals surface area contributed by atoms with Crippen molar-refractivity contribution in [2.24, 2.45) is 5.73 Å². The van der Waals surface area contributed by atoms with Gasteiger partial charge in [0.2, 0.25) is 0 Å². The molecule has 130 valence electrons. The number of fused-ring (bicyclic) bond motifs is 4. The fourth-order valence-corrected chi connectivity index (χ4v) is 4.07. The molecule has 2 aliphatic heterocycles. The number of ether oxygens (including phenoxy) is 1. The summed E-state index contributed by atoms with van der Waals surface area (Å²) in [6.07, 6.45) is 4.43. The van der Waals surface area contributed by atoms with Crippen molar-refractivity contribution in [3.8, 4) is 6.07 Å². The number of nitriles is 1. The van der Waals surface area contributed by atoms with E-state index in [1.165, 1.54) is 0 Å². The van der Waals surface area contributed by atoms with Gasteiger partial charge in [-0.3, -0.25) is 9.97 Å². The minimum atomic E-state index is -0.697. The molecular weight excluding hydrogens is 316 g/mol. The van der Waals surface area contributed by atoms with Crippen LogP contribution in [0.4, 0.5) is 0 Å². The average Bonchev–Trinajstić information content (AvgIpc) is 2.63. The Morgan fingerprint density at radius 2 is 2.12 bits per heavy atom. The van der Waals surface area contributed by atoms with Gasteiger partial charge in [0, 0.05) is 29.4 Å². The summed E-state index contributed by atoms with van der Waals surface area (Å²) in [5.41, 5.74) is 8.97. The van der Waals surface area contributed by atoms with Crippen molar-refractivity contribution in [2.45, 2.75) is 56.3 Å². The number of hydrogen-bond acceptors (Lipinski definition) is 6. The molecule has 4 heterocycles. The maximum Gasteiger partial charge on any atom is 0.101 e. The largest absolute Gasteiger partial charge is 0.390 e. The van der Waals surface area contributed by atoms with E-state index in [0.717, 1.165) is 42.5 Å². The Labute approximate surface area is 146 Å². The number of rotatable bonds is 3. The molecule has 1 aliphatic carbocycles. The number of aryl methyl sites for hydroxylation is 1. The first kappa shape index (κ1) is 16.4. The standard InChI is InChI=1S/C19H22N4O2/c1-12-2-3-15-17(23-12)14(13(9-20)10-22-15)8-16(24)19-6-4-18(21,5-7-19)11-25-19/h2-3,10,16,24H,4-8,11,21H2,1H3. The smallest absolute Gasteiger partial charge is 0.101 e. The Morgan fingerprint density at radius 3 is 2.76 bits per heavy atom. The molecule has 2 aromatic heterocycles. The van der Waals surface area contributed by atoms with Gasteiger partial charge in [-0.25, -0.2) is 0 Å². The minimum Gasteiger partial charge on any atom is -0.390 e. The van der Waals surface area contributed by atoms with Crippen LogP contribution >= 0.6 is 0 Å². The fourth-order valence-electron chi connectivity index (χ4n) is 4.07. The summed E-state index contributed by atoms with van der Waals surface area (Å²) in [7, 11) is 0. The van der Waals surface area contributed by atoms with Gasteiger partial charge in [0.15, 0.2) is 0 Å². The van der Waals surface area contributed by atoms with Crippen molar-refractivity contribution < 1.29 is 9.84 Å². The lowest BCUT2D eigenvalue weighted by molar-refractivity contribution is -0.201. The molecule has 0 spiro atoms. The normalized spacial score (nSPS) is 29.5. The van der Waals surface area contributed by atoms with Crippen molar-refractivity contribution in [1.82, 2.24) is 9.97 Å². The summed E-state index contributed by atoms with van der Waals surface area (Å²) < 4.78 is 6.02. The third kappa shape index (κ3) is 2.69. The summed E-state index contributed by atoms with van der Waals surface area (Å²) >= 11 is 0. The van der Waals surface area contributed by atoms with Gasteiger partial charge >= 0.3 is 0 Å². The summed E-state index contributed by atoms with van der Waals surface area (Å²) in [4.78, 5) is 8.88. The van der Waals surface area contributed by atoms with Crippen LogP contribution in [0.25, 0.3) is 11.0 Å². The Morgan fingerprint density at radius 1 is 1.36 bits per heavy atom. The van der Waals surface area contributed by atoms with E-state index in [2.05, 4.69) is 16.0 Å². The lowest BCUT2D eigenvalue weighted by atomic mass is 9.68. The molecule has 2 saturated heterocycles. The first-order valence-electron chi connectivity index (χ1n) is 8.71. The van der Waals surface area contributed by atoms with Gasteiger partial charge in [0.05, 0.1) is 34.9 Å². The zero-order valence-corrected chi connectivity index (χ0v) is 14.3. The van der Waals surface area contributed by atoms with Gasteiger partial charge in [0.25, 0.3) is 0 Å². The lowest BCUT2D eigenvalue weighted by Crippen LogP contribution is -2.63. The van der Waals surface area contributed by atoms with Crippen LogP contribution in [-0.4, -0.2) is 38.9 Å². The molecule has 3 fully saturated rings. The van der Waals surface area contributed by atoms with Crippen LogP contribution < -0.4 is 5.73 Å². The number of hydrogen-bond donors (Lipinski definition) is 2. The highest BCUT2D eigenvalue weighted by molar-refractivity contribution is 5.80. The van der Waals surface area contributed by atoms with Crippen molar-refractivity contribution in [3.63, 3.8) is 0 Å². The molecular formula is C19H22N4O2. The first-order chi connectivity index (χ1) is 11.9. The molecule has 0 radical (unpaired) electrons. The van der Waals surface area contributed by atoms with Crippen LogP contribution in [-0.2, 0) is 11.2 Å². The van der Waals surface area contributed by atoms with Gasteiger partial charge in [-0.1, -0.05) is 0 Å². The topological polar surface area (TPSA) is 105 Å². The number of aliphatic hydroxyl groups excluding tert-OH is 1. The Bertz CT molecular complexity index is 849. The second kappa shape index (κ2) is 5.73. The van der Waals surface area contributed by atoms with Gasteiger partial charge in [0.1, 0.15) is 6.07 Å². The van der Waals surface area contributed by atoms with Gasteiger partial charge in [-0.2, -0.15) is 5.26 Å². The molecule has 1 atom stereocenters. The highest BCUT2D eigenvalue weighted by Crippen LogP contribution is 2.45. The SMILES string of the molecule is Cc1ccc2ncc(C#N)c(CC(O)C34CCC(N)(CC3)CO4)c2n1. The fraction of sp³-hybridized carbons (Fsp3) is 0.526. The van der Waals surface area contributed by atoms with E-state index >= 15 is 0 Å². The number of nitrogens with zero attached hydrogens (tertiary/aromatic N) is 3. The highest BCUT2D eigenvalue weighted by atomic mass is 16.5. The Balaban J connectivity index is 1.71. The van der Waals surface area contributed by atoms with Crippen LogP contribution in [0.3, 0.4) is 0 Å². The molecule has 3 aliphatic rings. The summed E-state index contributed by atoms with van der Waals surface area (Å²) in [6, 6.07) is 5.98. The minimum absolute atomic E-state index is 0.235. The predicted molar refractivity (Wildman–Crippen MR) is 92.8 cm³/mol. The number of nitrogens with two attached hydrogens (primary N) is 1. The summed E-state index contributed by atoms with van der Waals surface area (Å²) in [5.74, 6) is 0. The molecule has 1 unspecified atom stereocenters. The third-order valence-electron chi connectivity index (χ3n) is 5.82. The quantitative estimate of drug-likeness (QED) is 0.883. The van der Waals surface area contributed by atoms with Crippen LogP contribution in [0.1, 0.15) is 42.5 Å². The van der Waals surface area contributed by atoms with E-state index in [4.69, 9.17) is 10.5 Å². The van der Waals surface area contributed by atoms with Gasteiger partial charge in [-0.05, 0) is 44.7 Å². The van der Waals surface area contributed by atoms with Crippen LogP contribution in [0.15, 0.2) is 18.3 Å². The van der Waals surface area contributed by atoms with Crippen molar-refractivity contribution in [2.75, 3.05) is 6.61 Å². The zero-order valence-electron chi connectivity index (χ0n) is 14.3. The van der Waals surface area contributed by atoms with E-state index in [1.807, 2.05) is 19.1 Å². The molecule has 6 nitrogen and oxygen atoms in total. The van der Waals surface area contributed by atoms with Gasteiger partial charge in [-0.15, -0.1) is 0 Å². The maximum absolute atomic E-state index is 11.0. The molecule has 2 bridgehead atoms. The van der Waals surface area contributed by atoms with E-state index in [9.17, 15) is 10.4 Å². The Kier molecular flexibility index (Phi) is 3.76. The first-order valence-corrected chi connectivity index (χ1v) is 8.71. The van der Waals surface area contributed by atoms with E-state index in [0.29, 0.717) is 24.1 Å². The molecule has 6 heteroatoms. The molecule has 5 rings (SSSR count). The van der Waals surface area contributed by atoms with Crippen LogP contribution in [0, 0.1) is 18.3 Å². The van der Waals surface area contributed by atoms with Crippen molar-refractivity contribution in [1.29, 1.82) is 5.26 Å². The lowest BCUT2D eigenvalue weighted by Gasteiger charge is -2.53. The van der Waals surface area contributed by atoms with Crippen molar-refractivity contribution >= 4 is 11.0 Å². The number of aromatic nitrogens is 2. The predicted octanol–water partition coefficient (Wildman–Crippen LogP) is 1.75. The van der Waals surface area contributed by atoms with Crippen molar-refractivity contribution in [3.05, 3.63) is 35.2 Å². The molecule has 0 aromatic carbocycles. The average molecular weight is 338 g/mol. The molecule has 2 aromatic rings. The third-order valence-corrected chi connectivity index (χ3v) is 5.82. The van der Waals surface area contributed by atoms with E-state index < -0.39 is 11.7 Å².